The molecule has 1 fully saturated rings. The van der Waals surface area contributed by atoms with E-state index < -0.39 is 14.9 Å². The summed E-state index contributed by atoms with van der Waals surface area (Å²) in [5.41, 5.74) is 0.117. The summed E-state index contributed by atoms with van der Waals surface area (Å²) in [7, 11) is -0.725. The summed E-state index contributed by atoms with van der Waals surface area (Å²) in [4.78, 5) is 33.3. The van der Waals surface area contributed by atoms with Crippen LogP contribution in [-0.2, 0) is 19.6 Å². The molecule has 0 aliphatic carbocycles. The van der Waals surface area contributed by atoms with Crippen molar-refractivity contribution in [1.29, 1.82) is 0 Å². The first kappa shape index (κ1) is 24.3. The van der Waals surface area contributed by atoms with Gasteiger partial charge in [0.15, 0.2) is 0 Å². The lowest BCUT2D eigenvalue weighted by molar-refractivity contribution is -0.384. The monoisotopic (exact) mass is 478 g/mol. The number of nitro groups is 1. The van der Waals surface area contributed by atoms with Gasteiger partial charge in [-0.05, 0) is 44.0 Å². The fourth-order valence-electron chi connectivity index (χ4n) is 3.38. The number of aromatic nitrogens is 2. The van der Waals surface area contributed by atoms with Gasteiger partial charge in [0.2, 0.25) is 21.8 Å². The maximum atomic E-state index is 12.2. The maximum Gasteiger partial charge on any atom is 0.329 e. The Balaban J connectivity index is 1.79. The molecule has 0 radical (unpaired) electrons. The number of carbonyl (C=O) groups excluding carboxylic acids is 1. The maximum absolute atomic E-state index is 12.2. The summed E-state index contributed by atoms with van der Waals surface area (Å²) in [5.74, 6) is -0.115. The van der Waals surface area contributed by atoms with Gasteiger partial charge >= 0.3 is 11.7 Å². The Morgan fingerprint density at radius 3 is 2.45 bits per heavy atom. The zero-order valence-corrected chi connectivity index (χ0v) is 19.4. The van der Waals surface area contributed by atoms with Crippen molar-refractivity contribution in [3.63, 3.8) is 0 Å². The predicted molar refractivity (Wildman–Crippen MR) is 121 cm³/mol. The van der Waals surface area contributed by atoms with Gasteiger partial charge in [0.1, 0.15) is 6.20 Å². The molecule has 1 N–H and O–H groups in total. The molecule has 178 valence electrons. The summed E-state index contributed by atoms with van der Waals surface area (Å²) in [6.07, 6.45) is 2.28. The number of anilines is 3. The van der Waals surface area contributed by atoms with E-state index in [-0.39, 0.29) is 28.3 Å². The first-order valence-corrected chi connectivity index (χ1v) is 11.8. The summed E-state index contributed by atoms with van der Waals surface area (Å²) in [6, 6.07) is 5.83. The van der Waals surface area contributed by atoms with Crippen molar-refractivity contribution in [3.05, 3.63) is 40.6 Å². The van der Waals surface area contributed by atoms with E-state index in [4.69, 9.17) is 4.74 Å². The molecule has 1 aromatic carbocycles. The number of rotatable bonds is 8. The lowest BCUT2D eigenvalue weighted by atomic mass is 9.97. The van der Waals surface area contributed by atoms with Crippen LogP contribution in [0.1, 0.15) is 19.8 Å². The molecular weight excluding hydrogens is 452 g/mol. The molecular formula is C20H26N6O6S. The van der Waals surface area contributed by atoms with E-state index in [1.807, 2.05) is 4.90 Å². The third-order valence-corrected chi connectivity index (χ3v) is 7.08. The number of hydrogen-bond acceptors (Lipinski definition) is 10. The molecule has 33 heavy (non-hydrogen) atoms. The third-order valence-electron chi connectivity index (χ3n) is 5.25. The van der Waals surface area contributed by atoms with Gasteiger partial charge in [0.25, 0.3) is 0 Å². The van der Waals surface area contributed by atoms with Crippen LogP contribution in [0.5, 0.6) is 0 Å². The Morgan fingerprint density at radius 1 is 1.27 bits per heavy atom. The van der Waals surface area contributed by atoms with Gasteiger partial charge in [-0.3, -0.25) is 14.9 Å². The number of esters is 1. The number of nitrogens with zero attached hydrogens (tertiary/aromatic N) is 5. The number of benzene rings is 1. The zero-order chi connectivity index (χ0) is 24.2. The Bertz CT molecular complexity index is 1110. The standard InChI is InChI=1S/C20H26N6O6S/c1-4-32-19(27)14-9-11-25(12-10-14)20-21-13-17(26(28)29)18(23-20)22-15-5-7-16(8-6-15)33(30,31)24(2)3/h5-8,13-14H,4,9-12H2,1-3H3,(H,21,22,23). The number of piperidine rings is 1. The quantitative estimate of drug-likeness (QED) is 0.340. The van der Waals surface area contributed by atoms with Crippen molar-refractivity contribution in [2.24, 2.45) is 5.92 Å². The van der Waals surface area contributed by atoms with Gasteiger partial charge in [-0.15, -0.1) is 0 Å². The third kappa shape index (κ3) is 5.54. The second kappa shape index (κ2) is 10.1. The van der Waals surface area contributed by atoms with E-state index in [0.29, 0.717) is 44.2 Å². The molecule has 0 bridgehead atoms. The molecule has 1 aliphatic rings. The molecule has 3 rings (SSSR count). The van der Waals surface area contributed by atoms with Crippen LogP contribution in [0.3, 0.4) is 0 Å². The topological polar surface area (TPSA) is 148 Å². The highest BCUT2D eigenvalue weighted by Crippen LogP contribution is 2.29. The second-order valence-electron chi connectivity index (χ2n) is 7.61. The first-order chi connectivity index (χ1) is 15.6. The zero-order valence-electron chi connectivity index (χ0n) is 18.6. The SMILES string of the molecule is CCOC(=O)C1CCN(c2ncc([N+](=O)[O-])c(Nc3ccc(S(=O)(=O)N(C)C)cc3)n2)CC1. The van der Waals surface area contributed by atoms with Gasteiger partial charge in [0, 0.05) is 32.9 Å². The summed E-state index contributed by atoms with van der Waals surface area (Å²) in [5, 5.41) is 14.4. The number of hydrogen-bond donors (Lipinski definition) is 1. The van der Waals surface area contributed by atoms with Crippen molar-refractivity contribution in [2.75, 3.05) is 44.0 Å². The van der Waals surface area contributed by atoms with Crippen LogP contribution in [0.15, 0.2) is 35.4 Å². The molecule has 1 aliphatic heterocycles. The Hall–Kier alpha value is -3.32. The van der Waals surface area contributed by atoms with Crippen molar-refractivity contribution >= 4 is 39.1 Å². The van der Waals surface area contributed by atoms with Crippen molar-refractivity contribution < 1.29 is 22.9 Å². The van der Waals surface area contributed by atoms with Crippen LogP contribution in [0, 0.1) is 16.0 Å². The summed E-state index contributed by atoms with van der Waals surface area (Å²) < 4.78 is 30.6. The largest absolute Gasteiger partial charge is 0.466 e. The number of ether oxygens (including phenoxy) is 1. The minimum atomic E-state index is -3.59. The molecule has 2 aromatic rings. The number of sulfonamides is 1. The van der Waals surface area contributed by atoms with E-state index in [0.717, 1.165) is 10.5 Å². The van der Waals surface area contributed by atoms with E-state index in [9.17, 15) is 23.3 Å². The molecule has 0 spiro atoms. The number of carbonyl (C=O) groups is 1. The van der Waals surface area contributed by atoms with Crippen LogP contribution in [0.25, 0.3) is 0 Å². The van der Waals surface area contributed by atoms with Crippen LogP contribution in [0.4, 0.5) is 23.1 Å². The van der Waals surface area contributed by atoms with Gasteiger partial charge in [-0.1, -0.05) is 0 Å². The van der Waals surface area contributed by atoms with Crippen LogP contribution in [0.2, 0.25) is 0 Å². The molecule has 0 atom stereocenters. The van der Waals surface area contributed by atoms with Gasteiger partial charge in [0.05, 0.1) is 22.3 Å². The van der Waals surface area contributed by atoms with Crippen molar-refractivity contribution in [3.8, 4) is 0 Å². The lowest BCUT2D eigenvalue weighted by Gasteiger charge is -2.30. The molecule has 1 saturated heterocycles. The minimum absolute atomic E-state index is 0.0132. The highest BCUT2D eigenvalue weighted by atomic mass is 32.2. The molecule has 0 amide bonds. The van der Waals surface area contributed by atoms with Crippen LogP contribution >= 0.6 is 0 Å². The molecule has 13 heteroatoms. The van der Waals surface area contributed by atoms with Crippen molar-refractivity contribution in [1.82, 2.24) is 14.3 Å². The normalized spacial score (nSPS) is 14.8. The van der Waals surface area contributed by atoms with Gasteiger partial charge in [-0.25, -0.2) is 17.7 Å². The molecule has 0 saturated carbocycles. The van der Waals surface area contributed by atoms with Gasteiger partial charge < -0.3 is 15.0 Å². The highest BCUT2D eigenvalue weighted by Gasteiger charge is 2.28. The van der Waals surface area contributed by atoms with E-state index in [1.165, 1.54) is 38.4 Å². The van der Waals surface area contributed by atoms with E-state index in [1.54, 1.807) is 6.92 Å². The molecule has 1 aromatic heterocycles. The van der Waals surface area contributed by atoms with Gasteiger partial charge in [-0.2, -0.15) is 4.98 Å². The smallest absolute Gasteiger partial charge is 0.329 e. The average molecular weight is 479 g/mol. The van der Waals surface area contributed by atoms with E-state index in [2.05, 4.69) is 15.3 Å². The van der Waals surface area contributed by atoms with E-state index >= 15 is 0 Å². The molecule has 0 unspecified atom stereocenters. The lowest BCUT2D eigenvalue weighted by Crippen LogP contribution is -2.38. The average Bonchev–Trinajstić information content (AvgIpc) is 2.79. The van der Waals surface area contributed by atoms with Crippen LogP contribution in [-0.4, -0.2) is 67.4 Å². The first-order valence-electron chi connectivity index (χ1n) is 10.4. The predicted octanol–water partition coefficient (Wildman–Crippen LogP) is 2.16. The Kier molecular flexibility index (Phi) is 7.43. The Labute approximate surface area is 191 Å². The summed E-state index contributed by atoms with van der Waals surface area (Å²) in [6.45, 7) is 3.12. The molecule has 2 heterocycles. The fraction of sp³-hybridized carbons (Fsp3) is 0.450. The fourth-order valence-corrected chi connectivity index (χ4v) is 4.28. The molecule has 12 nitrogen and oxygen atoms in total. The minimum Gasteiger partial charge on any atom is -0.466 e. The number of nitrogens with one attached hydrogen (secondary N) is 1. The van der Waals surface area contributed by atoms with Crippen molar-refractivity contribution in [2.45, 2.75) is 24.7 Å². The Morgan fingerprint density at radius 2 is 1.91 bits per heavy atom. The highest BCUT2D eigenvalue weighted by molar-refractivity contribution is 7.89. The summed E-state index contributed by atoms with van der Waals surface area (Å²) >= 11 is 0. The second-order valence-corrected chi connectivity index (χ2v) is 9.76. The van der Waals surface area contributed by atoms with Crippen LogP contribution < -0.4 is 10.2 Å².